The molecule has 0 saturated heterocycles. The number of benzene rings is 7. The molecule has 3 N–H and O–H groups in total. The second-order valence-corrected chi connectivity index (χ2v) is 15.0. The average Bonchev–Trinajstić information content (AvgIpc) is 3.22. The summed E-state index contributed by atoms with van der Waals surface area (Å²) >= 11 is 0. The number of carbonyl (C=O) groups is 2. The van der Waals surface area contributed by atoms with Crippen LogP contribution in [-0.4, -0.2) is 50.0 Å². The Kier molecular flexibility index (Phi) is 17.7. The van der Waals surface area contributed by atoms with Crippen LogP contribution in [0.5, 0.6) is 17.2 Å². The van der Waals surface area contributed by atoms with E-state index in [0.717, 1.165) is 6.07 Å². The first kappa shape index (κ1) is 51.1. The normalized spacial score (nSPS) is 11.3. The van der Waals surface area contributed by atoms with E-state index in [-0.39, 0.29) is 128 Å². The van der Waals surface area contributed by atoms with Gasteiger partial charge < -0.3 is 33.8 Å². The van der Waals surface area contributed by atoms with Crippen LogP contribution >= 0.6 is 0 Å². The maximum Gasteiger partial charge on any atom is 1.00 e. The topological polar surface area (TPSA) is 261 Å². The van der Waals surface area contributed by atoms with Crippen LogP contribution < -0.4 is 108 Å². The van der Waals surface area contributed by atoms with E-state index >= 15 is 0 Å². The minimum absolute atomic E-state index is 0. The summed E-state index contributed by atoms with van der Waals surface area (Å²) in [6, 6.07) is 34.2. The second kappa shape index (κ2) is 21.9. The molecule has 0 aromatic heterocycles. The number of fused-ring (bicyclic) bond motifs is 2. The van der Waals surface area contributed by atoms with E-state index in [9.17, 15) is 40.6 Å². The third-order valence-corrected chi connectivity index (χ3v) is 9.90. The quantitative estimate of drug-likeness (QED) is 0.0467. The SMILES string of the molecule is COc1ccc(N=Nc2c(S(=O)(=O)[O-])cc3cc(NC(=O)c4ccc(NC(=O)c5ccc(N=Nc6c[c-]c7ccccc7c6OS(=O)(=O)[O-])cc5)cc4)ccc3c2O)cc1.[Na+].[Na+].[Na+]. The van der Waals surface area contributed by atoms with Crippen LogP contribution in [0.15, 0.2) is 153 Å². The first-order chi connectivity index (χ1) is 28.6. The predicted molar refractivity (Wildman–Crippen MR) is 217 cm³/mol. The van der Waals surface area contributed by atoms with Crippen molar-refractivity contribution in [2.75, 3.05) is 17.7 Å². The summed E-state index contributed by atoms with van der Waals surface area (Å²) in [5.41, 5.74) is 1.02. The molecule has 0 saturated carbocycles. The van der Waals surface area contributed by atoms with Gasteiger partial charge >= 0.3 is 88.7 Å². The number of anilines is 2. The number of aromatic hydroxyl groups is 1. The van der Waals surface area contributed by atoms with E-state index in [1.54, 1.807) is 48.5 Å². The number of methoxy groups -OCH3 is 1. The third-order valence-electron chi connectivity index (χ3n) is 8.68. The molecule has 22 heteroatoms. The zero-order chi connectivity index (χ0) is 42.6. The van der Waals surface area contributed by atoms with Crippen LogP contribution in [0.4, 0.5) is 34.1 Å². The maximum atomic E-state index is 13.1. The number of nitrogens with zero attached hydrogens (tertiary/aromatic N) is 4. The number of phenolic OH excluding ortho intramolecular Hbond substituents is 1. The van der Waals surface area contributed by atoms with Crippen molar-refractivity contribution < 1.29 is 138 Å². The van der Waals surface area contributed by atoms with Gasteiger partial charge in [0.15, 0.2) is 5.75 Å². The number of nitrogens with one attached hydrogen (secondary N) is 2. The van der Waals surface area contributed by atoms with E-state index in [1.165, 1.54) is 79.9 Å². The molecule has 0 aliphatic carbocycles. The van der Waals surface area contributed by atoms with Crippen LogP contribution in [0, 0.1) is 6.07 Å². The Morgan fingerprint density at radius 2 is 1.22 bits per heavy atom. The van der Waals surface area contributed by atoms with Crippen molar-refractivity contribution in [1.29, 1.82) is 0 Å². The van der Waals surface area contributed by atoms with Crippen LogP contribution in [-0.2, 0) is 20.5 Å². The smallest absolute Gasteiger partial charge is 0.744 e. The zero-order valence-electron chi connectivity index (χ0n) is 33.8. The summed E-state index contributed by atoms with van der Waals surface area (Å²) in [4.78, 5) is 25.3. The molecule has 63 heavy (non-hydrogen) atoms. The van der Waals surface area contributed by atoms with Gasteiger partial charge in [-0.15, -0.1) is 34.8 Å². The van der Waals surface area contributed by atoms with Crippen LogP contribution in [0.2, 0.25) is 0 Å². The average molecular weight is 913 g/mol. The van der Waals surface area contributed by atoms with Gasteiger partial charge in [0.05, 0.1) is 29.1 Å². The number of carbonyl (C=O) groups excluding carboxylic acids is 2. The fourth-order valence-electron chi connectivity index (χ4n) is 5.80. The van der Waals surface area contributed by atoms with Gasteiger partial charge in [-0.3, -0.25) is 9.59 Å². The number of amides is 2. The van der Waals surface area contributed by atoms with Gasteiger partial charge in [-0.1, -0.05) is 17.5 Å². The summed E-state index contributed by atoms with van der Waals surface area (Å²) in [6.45, 7) is 0. The summed E-state index contributed by atoms with van der Waals surface area (Å²) in [5.74, 6) is -1.40. The first-order valence-corrected chi connectivity index (χ1v) is 20.0. The monoisotopic (exact) mass is 912 g/mol. The maximum absolute atomic E-state index is 13.1. The molecule has 0 spiro atoms. The van der Waals surface area contributed by atoms with E-state index in [0.29, 0.717) is 33.6 Å². The Bertz CT molecular complexity index is 3110. The Hall–Kier alpha value is -4.58. The fourth-order valence-corrected chi connectivity index (χ4v) is 6.82. The number of azo groups is 2. The second-order valence-electron chi connectivity index (χ2n) is 12.6. The summed E-state index contributed by atoms with van der Waals surface area (Å²) in [6.07, 6.45) is 0. The van der Waals surface area contributed by atoms with Gasteiger partial charge in [0.2, 0.25) is 0 Å². The predicted octanol–water partition coefficient (Wildman–Crippen LogP) is -0.402. The number of hydrogen-bond acceptors (Lipinski definition) is 15. The molecule has 0 bridgehead atoms. The largest absolute Gasteiger partial charge is 1.00 e. The van der Waals surface area contributed by atoms with Gasteiger partial charge in [0.25, 0.3) is 22.2 Å². The Morgan fingerprint density at radius 1 is 0.667 bits per heavy atom. The van der Waals surface area contributed by atoms with Crippen molar-refractivity contribution in [3.63, 3.8) is 0 Å². The minimum atomic E-state index is -5.14. The molecule has 7 aromatic carbocycles. The minimum Gasteiger partial charge on any atom is -0.744 e. The van der Waals surface area contributed by atoms with Crippen molar-refractivity contribution in [3.8, 4) is 17.2 Å². The third kappa shape index (κ3) is 12.8. The molecule has 17 nitrogen and oxygen atoms in total. The number of phenols is 1. The summed E-state index contributed by atoms with van der Waals surface area (Å²) < 4.78 is 80.6. The molecular formula is C41H27N6Na3O11S2. The van der Waals surface area contributed by atoms with E-state index in [4.69, 9.17) is 4.74 Å². The van der Waals surface area contributed by atoms with Crippen molar-refractivity contribution in [2.45, 2.75) is 4.90 Å². The molecule has 0 radical (unpaired) electrons. The standard InChI is InChI=1S/C41H29N6O11S2.3Na/c1-57-32-18-15-30(16-19-32)45-47-37-36(59(51,52)53)23-27-22-31(17-20-33(27)38(37)48)43-41(50)25-6-11-28(12-7-25)42-40(49)26-8-13-29(14-9-26)44-46-35-21-10-24-4-2-3-5-34(24)39(35)58-60(54,55)56;;;/h2-9,11-23,48H,1H3,(H,42,49)(H,43,50)(H,51,52,53)(H,54,55,56);;;/q-1;3*+1/p-2. The van der Waals surface area contributed by atoms with Crippen molar-refractivity contribution in [3.05, 3.63) is 145 Å². The summed E-state index contributed by atoms with van der Waals surface area (Å²) in [7, 11) is -8.78. The Labute approximate surface area is 426 Å². The van der Waals surface area contributed by atoms with Gasteiger partial charge in [0, 0.05) is 33.6 Å². The molecule has 0 aliphatic heterocycles. The van der Waals surface area contributed by atoms with Gasteiger partial charge in [-0.2, -0.15) is 15.3 Å². The molecule has 0 heterocycles. The molecule has 7 aromatic rings. The molecular weight excluding hydrogens is 886 g/mol. The molecule has 0 fully saturated rings. The van der Waals surface area contributed by atoms with Crippen LogP contribution in [0.3, 0.4) is 0 Å². The van der Waals surface area contributed by atoms with E-state index < -0.39 is 48.7 Å². The van der Waals surface area contributed by atoms with Gasteiger partial charge in [-0.05, 0) is 102 Å². The van der Waals surface area contributed by atoms with Crippen LogP contribution in [0.1, 0.15) is 20.7 Å². The summed E-state index contributed by atoms with van der Waals surface area (Å²) in [5, 5.41) is 33.3. The Morgan fingerprint density at radius 3 is 1.83 bits per heavy atom. The molecule has 0 aliphatic rings. The van der Waals surface area contributed by atoms with Gasteiger partial charge in [-0.25, -0.2) is 16.8 Å². The fraction of sp³-hybridized carbons (Fsp3) is 0.0244. The van der Waals surface area contributed by atoms with E-state index in [2.05, 4.69) is 41.3 Å². The van der Waals surface area contributed by atoms with Crippen molar-refractivity contribution in [2.24, 2.45) is 20.5 Å². The molecule has 302 valence electrons. The molecule has 2 amide bonds. The van der Waals surface area contributed by atoms with E-state index in [1.807, 2.05) is 0 Å². The number of hydrogen-bond donors (Lipinski definition) is 3. The van der Waals surface area contributed by atoms with Crippen molar-refractivity contribution >= 4 is 88.0 Å². The van der Waals surface area contributed by atoms with Gasteiger partial charge in [0.1, 0.15) is 21.6 Å². The Balaban J connectivity index is 0.00000290. The molecule has 7 rings (SSSR count). The van der Waals surface area contributed by atoms with Crippen molar-refractivity contribution in [1.82, 2.24) is 0 Å². The zero-order valence-corrected chi connectivity index (χ0v) is 41.4. The molecule has 0 unspecified atom stereocenters. The first-order valence-electron chi connectivity index (χ1n) is 17.3. The molecule has 0 atom stereocenters. The number of rotatable bonds is 12. The number of ether oxygens (including phenoxy) is 1. The van der Waals surface area contributed by atoms with Crippen LogP contribution in [0.25, 0.3) is 21.5 Å².